The average Bonchev–Trinajstić information content (AvgIpc) is 2.34. The Bertz CT molecular complexity index is 447. The van der Waals surface area contributed by atoms with E-state index in [9.17, 15) is 22.0 Å². The van der Waals surface area contributed by atoms with Crippen LogP contribution in [0.25, 0.3) is 0 Å². The largest absolute Gasteiger partial charge is 0.377 e. The Morgan fingerprint density at radius 2 is 1.32 bits per heavy atom. The number of hydrogen-bond acceptors (Lipinski definition) is 2. The molecule has 1 N–H and O–H groups in total. The lowest BCUT2D eigenvalue weighted by Crippen LogP contribution is -2.34. The van der Waals surface area contributed by atoms with Gasteiger partial charge in [-0.15, -0.1) is 0 Å². The molecule has 0 radical (unpaired) electrons. The maximum Gasteiger partial charge on any atom is 0.200 e. The summed E-state index contributed by atoms with van der Waals surface area (Å²) in [6.45, 7) is 5.20. The zero-order valence-corrected chi connectivity index (χ0v) is 10.7. The number of rotatable bonds is 5. The molecule has 0 aliphatic heterocycles. The van der Waals surface area contributed by atoms with E-state index in [1.807, 2.05) is 0 Å². The van der Waals surface area contributed by atoms with Gasteiger partial charge in [-0.05, 0) is 20.8 Å². The lowest BCUT2D eigenvalue weighted by Gasteiger charge is -2.25. The van der Waals surface area contributed by atoms with Gasteiger partial charge >= 0.3 is 0 Å². The molecule has 0 atom stereocenters. The van der Waals surface area contributed by atoms with Gasteiger partial charge in [0.05, 0.1) is 5.60 Å². The molecular formula is C12H14F5NO. The minimum atomic E-state index is -2.18. The van der Waals surface area contributed by atoms with E-state index < -0.39 is 40.4 Å². The number of hydrogen-bond donors (Lipinski definition) is 1. The number of benzene rings is 1. The summed E-state index contributed by atoms with van der Waals surface area (Å²) in [7, 11) is 0. The van der Waals surface area contributed by atoms with Crippen molar-refractivity contribution in [3.05, 3.63) is 29.1 Å². The number of anilines is 1. The maximum absolute atomic E-state index is 13.3. The van der Waals surface area contributed by atoms with Crippen LogP contribution in [0.1, 0.15) is 20.8 Å². The van der Waals surface area contributed by atoms with Crippen molar-refractivity contribution in [2.24, 2.45) is 0 Å². The quantitative estimate of drug-likeness (QED) is 0.506. The third kappa shape index (κ3) is 3.34. The second-order valence-electron chi connectivity index (χ2n) is 4.49. The fourth-order valence-corrected chi connectivity index (χ4v) is 1.50. The van der Waals surface area contributed by atoms with Crippen LogP contribution in [0.4, 0.5) is 27.6 Å². The van der Waals surface area contributed by atoms with Crippen LogP contribution >= 0.6 is 0 Å². The molecule has 1 rings (SSSR count). The minimum Gasteiger partial charge on any atom is -0.377 e. The van der Waals surface area contributed by atoms with Crippen LogP contribution in [0, 0.1) is 29.1 Å². The third-order valence-corrected chi connectivity index (χ3v) is 2.44. The van der Waals surface area contributed by atoms with Gasteiger partial charge in [0.1, 0.15) is 5.69 Å². The molecule has 0 fully saturated rings. The fourth-order valence-electron chi connectivity index (χ4n) is 1.50. The molecular weight excluding hydrogens is 269 g/mol. The van der Waals surface area contributed by atoms with Crippen LogP contribution < -0.4 is 5.32 Å². The summed E-state index contributed by atoms with van der Waals surface area (Å²) in [5.74, 6) is -9.90. The molecule has 0 spiro atoms. The molecule has 19 heavy (non-hydrogen) atoms. The van der Waals surface area contributed by atoms with Crippen molar-refractivity contribution in [2.75, 3.05) is 18.5 Å². The molecule has 0 aliphatic carbocycles. The molecule has 0 saturated heterocycles. The first kappa shape index (κ1) is 15.7. The van der Waals surface area contributed by atoms with Gasteiger partial charge in [-0.25, -0.2) is 22.0 Å². The lowest BCUT2D eigenvalue weighted by molar-refractivity contribution is 0.000598. The van der Waals surface area contributed by atoms with Crippen molar-refractivity contribution < 1.29 is 26.7 Å². The van der Waals surface area contributed by atoms with Gasteiger partial charge in [0.2, 0.25) is 5.82 Å². The summed E-state index contributed by atoms with van der Waals surface area (Å²) in [6, 6.07) is 0. The Morgan fingerprint density at radius 3 is 1.74 bits per heavy atom. The summed E-state index contributed by atoms with van der Waals surface area (Å²) in [6.07, 6.45) is 0. The molecule has 0 amide bonds. The summed E-state index contributed by atoms with van der Waals surface area (Å²) in [4.78, 5) is 0. The van der Waals surface area contributed by atoms with E-state index in [-0.39, 0.29) is 6.54 Å². The van der Waals surface area contributed by atoms with Crippen LogP contribution in [-0.4, -0.2) is 18.8 Å². The summed E-state index contributed by atoms with van der Waals surface area (Å²) >= 11 is 0. The molecule has 7 heteroatoms. The lowest BCUT2D eigenvalue weighted by atomic mass is 10.1. The van der Waals surface area contributed by atoms with Gasteiger partial charge in [0.25, 0.3) is 0 Å². The molecule has 1 aromatic rings. The van der Waals surface area contributed by atoms with Crippen molar-refractivity contribution in [2.45, 2.75) is 26.4 Å². The van der Waals surface area contributed by atoms with Crippen LogP contribution in [0.3, 0.4) is 0 Å². The molecule has 0 heterocycles. The van der Waals surface area contributed by atoms with Crippen LogP contribution in [0.15, 0.2) is 0 Å². The summed E-state index contributed by atoms with van der Waals surface area (Å²) in [5, 5.41) is 2.19. The van der Waals surface area contributed by atoms with Gasteiger partial charge in [-0.3, -0.25) is 0 Å². The van der Waals surface area contributed by atoms with E-state index in [1.54, 1.807) is 20.8 Å². The normalized spacial score (nSPS) is 11.8. The molecule has 0 aliphatic rings. The highest BCUT2D eigenvalue weighted by Gasteiger charge is 2.27. The smallest absolute Gasteiger partial charge is 0.200 e. The topological polar surface area (TPSA) is 21.3 Å². The van der Waals surface area contributed by atoms with Gasteiger partial charge in [-0.1, -0.05) is 0 Å². The highest BCUT2D eigenvalue weighted by Crippen LogP contribution is 2.27. The second-order valence-corrected chi connectivity index (χ2v) is 4.49. The van der Waals surface area contributed by atoms with E-state index in [2.05, 4.69) is 5.32 Å². The van der Waals surface area contributed by atoms with E-state index in [1.165, 1.54) is 0 Å². The molecule has 0 unspecified atom stereocenters. The van der Waals surface area contributed by atoms with Crippen LogP contribution in [-0.2, 0) is 4.74 Å². The van der Waals surface area contributed by atoms with Crippen LogP contribution in [0.2, 0.25) is 0 Å². The SMILES string of the molecule is CCOC(C)(C)CNc1c(F)c(F)c(F)c(F)c1F. The van der Waals surface area contributed by atoms with Gasteiger partial charge in [-0.2, -0.15) is 0 Å². The Morgan fingerprint density at radius 1 is 0.895 bits per heavy atom. The predicted octanol–water partition coefficient (Wildman–Crippen LogP) is 3.61. The average molecular weight is 283 g/mol. The monoisotopic (exact) mass is 283 g/mol. The van der Waals surface area contributed by atoms with Crippen LogP contribution in [0.5, 0.6) is 0 Å². The van der Waals surface area contributed by atoms with Crippen molar-refractivity contribution in [1.82, 2.24) is 0 Å². The van der Waals surface area contributed by atoms with Crippen molar-refractivity contribution >= 4 is 5.69 Å². The zero-order chi connectivity index (χ0) is 14.8. The molecule has 0 bridgehead atoms. The van der Waals surface area contributed by atoms with Crippen molar-refractivity contribution in [3.8, 4) is 0 Å². The predicted molar refractivity (Wildman–Crippen MR) is 60.4 cm³/mol. The van der Waals surface area contributed by atoms with Crippen molar-refractivity contribution in [1.29, 1.82) is 0 Å². The molecule has 0 saturated carbocycles. The molecule has 1 aromatic carbocycles. The number of nitrogens with one attached hydrogen (secondary N) is 1. The van der Waals surface area contributed by atoms with Crippen molar-refractivity contribution in [3.63, 3.8) is 0 Å². The first-order valence-corrected chi connectivity index (χ1v) is 5.60. The van der Waals surface area contributed by atoms with E-state index in [0.29, 0.717) is 6.61 Å². The first-order chi connectivity index (χ1) is 8.71. The Balaban J connectivity index is 3.03. The van der Waals surface area contributed by atoms with E-state index in [4.69, 9.17) is 4.74 Å². The highest BCUT2D eigenvalue weighted by molar-refractivity contribution is 5.48. The Labute approximate surface area is 107 Å². The van der Waals surface area contributed by atoms with Gasteiger partial charge in [0.15, 0.2) is 23.3 Å². The fraction of sp³-hybridized carbons (Fsp3) is 0.500. The Kier molecular flexibility index (Phi) is 4.73. The van der Waals surface area contributed by atoms with Gasteiger partial charge in [0, 0.05) is 13.2 Å². The molecule has 0 aromatic heterocycles. The standard InChI is InChI=1S/C12H14F5NO/c1-4-19-12(2,3)5-18-11-9(16)7(14)6(13)8(15)10(11)17/h18H,4-5H2,1-3H3. The summed E-state index contributed by atoms with van der Waals surface area (Å²) < 4.78 is 70.6. The number of ether oxygens (including phenoxy) is 1. The second kappa shape index (κ2) is 5.73. The minimum absolute atomic E-state index is 0.112. The van der Waals surface area contributed by atoms with E-state index in [0.717, 1.165) is 0 Å². The maximum atomic E-state index is 13.3. The zero-order valence-electron chi connectivity index (χ0n) is 10.7. The van der Waals surface area contributed by atoms with Gasteiger partial charge < -0.3 is 10.1 Å². The molecule has 2 nitrogen and oxygen atoms in total. The third-order valence-electron chi connectivity index (χ3n) is 2.44. The first-order valence-electron chi connectivity index (χ1n) is 5.60. The Hall–Kier alpha value is -1.37. The molecule has 108 valence electrons. The number of halogens is 5. The van der Waals surface area contributed by atoms with E-state index >= 15 is 0 Å². The highest BCUT2D eigenvalue weighted by atomic mass is 19.2. The summed E-state index contributed by atoms with van der Waals surface area (Å²) in [5.41, 5.74) is -1.86.